The summed E-state index contributed by atoms with van der Waals surface area (Å²) in [5, 5.41) is 2.86. The molecule has 23 heavy (non-hydrogen) atoms. The van der Waals surface area contributed by atoms with Gasteiger partial charge in [-0.3, -0.25) is 4.79 Å². The van der Waals surface area contributed by atoms with Crippen molar-refractivity contribution in [3.05, 3.63) is 59.7 Å². The van der Waals surface area contributed by atoms with Crippen LogP contribution >= 0.6 is 0 Å². The summed E-state index contributed by atoms with van der Waals surface area (Å²) in [5.41, 5.74) is 7.81. The van der Waals surface area contributed by atoms with E-state index in [1.54, 1.807) is 14.2 Å². The number of ether oxygens (including phenoxy) is 2. The van der Waals surface area contributed by atoms with E-state index in [1.165, 1.54) is 0 Å². The minimum atomic E-state index is -0.651. The van der Waals surface area contributed by atoms with Gasteiger partial charge in [0.1, 0.15) is 6.04 Å². The molecule has 0 saturated carbocycles. The van der Waals surface area contributed by atoms with Crippen molar-refractivity contribution in [1.82, 2.24) is 5.32 Å². The van der Waals surface area contributed by atoms with Crippen LogP contribution in [0.4, 0.5) is 0 Å². The Bertz CT molecular complexity index is 644. The molecule has 1 atom stereocenters. The number of hydrogen-bond donors (Lipinski definition) is 2. The molecular weight excluding hydrogens is 292 g/mol. The second kappa shape index (κ2) is 8.19. The zero-order chi connectivity index (χ0) is 16.7. The summed E-state index contributed by atoms with van der Waals surface area (Å²) in [6.07, 6.45) is 0.688. The van der Waals surface area contributed by atoms with E-state index >= 15 is 0 Å². The summed E-state index contributed by atoms with van der Waals surface area (Å²) in [4.78, 5) is 12.1. The molecule has 0 fully saturated rings. The van der Waals surface area contributed by atoms with Gasteiger partial charge in [0, 0.05) is 6.54 Å². The summed E-state index contributed by atoms with van der Waals surface area (Å²) in [6, 6.07) is 14.4. The van der Waals surface area contributed by atoms with Crippen molar-refractivity contribution in [2.75, 3.05) is 20.8 Å². The molecule has 1 amide bonds. The van der Waals surface area contributed by atoms with E-state index in [2.05, 4.69) is 5.32 Å². The van der Waals surface area contributed by atoms with E-state index in [-0.39, 0.29) is 5.91 Å². The second-order valence-electron chi connectivity index (χ2n) is 5.12. The quantitative estimate of drug-likeness (QED) is 0.820. The summed E-state index contributed by atoms with van der Waals surface area (Å²) >= 11 is 0. The largest absolute Gasteiger partial charge is 0.493 e. The molecule has 0 bridgehead atoms. The highest BCUT2D eigenvalue weighted by Crippen LogP contribution is 2.27. The maximum Gasteiger partial charge on any atom is 0.241 e. The molecule has 122 valence electrons. The molecule has 0 aliphatic heterocycles. The Kier molecular flexibility index (Phi) is 6.00. The number of methoxy groups -OCH3 is 2. The van der Waals surface area contributed by atoms with Crippen molar-refractivity contribution in [2.24, 2.45) is 5.73 Å². The van der Waals surface area contributed by atoms with E-state index in [4.69, 9.17) is 15.2 Å². The molecule has 0 saturated heterocycles. The van der Waals surface area contributed by atoms with Crippen LogP contribution in [0.25, 0.3) is 0 Å². The molecule has 0 aliphatic rings. The zero-order valence-electron chi connectivity index (χ0n) is 13.4. The number of nitrogens with one attached hydrogen (secondary N) is 1. The van der Waals surface area contributed by atoms with Crippen molar-refractivity contribution in [1.29, 1.82) is 0 Å². The molecule has 0 radical (unpaired) electrons. The number of carbonyl (C=O) groups is 1. The van der Waals surface area contributed by atoms with E-state index < -0.39 is 6.04 Å². The smallest absolute Gasteiger partial charge is 0.241 e. The Morgan fingerprint density at radius 1 is 1.09 bits per heavy atom. The minimum absolute atomic E-state index is 0.184. The maximum atomic E-state index is 12.1. The molecule has 0 aromatic heterocycles. The van der Waals surface area contributed by atoms with Gasteiger partial charge in [-0.1, -0.05) is 36.4 Å². The Balaban J connectivity index is 1.88. The molecule has 0 aliphatic carbocycles. The number of hydrogen-bond acceptors (Lipinski definition) is 4. The average molecular weight is 314 g/mol. The SMILES string of the molecule is COc1ccc(CCNC(=O)[C@H](N)c2ccccc2)cc1OC. The number of benzene rings is 2. The van der Waals surface area contributed by atoms with Gasteiger partial charge in [0.15, 0.2) is 11.5 Å². The number of rotatable bonds is 7. The lowest BCUT2D eigenvalue weighted by Gasteiger charge is -2.13. The van der Waals surface area contributed by atoms with Gasteiger partial charge < -0.3 is 20.5 Å². The molecule has 2 rings (SSSR count). The van der Waals surface area contributed by atoms with Crippen LogP contribution < -0.4 is 20.5 Å². The van der Waals surface area contributed by atoms with Crippen molar-refractivity contribution < 1.29 is 14.3 Å². The highest BCUT2D eigenvalue weighted by molar-refractivity contribution is 5.82. The first-order valence-electron chi connectivity index (χ1n) is 7.45. The number of carbonyl (C=O) groups excluding carboxylic acids is 1. The molecule has 0 unspecified atom stereocenters. The molecule has 0 spiro atoms. The molecule has 5 nitrogen and oxygen atoms in total. The van der Waals surface area contributed by atoms with E-state index in [0.717, 1.165) is 11.1 Å². The van der Waals surface area contributed by atoms with Gasteiger partial charge in [0.25, 0.3) is 0 Å². The predicted octanol–water partition coefficient (Wildman–Crippen LogP) is 2.06. The first kappa shape index (κ1) is 16.8. The van der Waals surface area contributed by atoms with Crippen LogP contribution in [-0.2, 0) is 11.2 Å². The Hall–Kier alpha value is -2.53. The lowest BCUT2D eigenvalue weighted by Crippen LogP contribution is -2.35. The summed E-state index contributed by atoms with van der Waals surface area (Å²) in [7, 11) is 3.20. The van der Waals surface area contributed by atoms with Crippen LogP contribution in [0.2, 0.25) is 0 Å². The molecule has 2 aromatic rings. The summed E-state index contributed by atoms with van der Waals surface area (Å²) in [5.74, 6) is 1.18. The van der Waals surface area contributed by atoms with Gasteiger partial charge in [-0.25, -0.2) is 0 Å². The standard InChI is InChI=1S/C18H22N2O3/c1-22-15-9-8-13(12-16(15)23-2)10-11-20-18(21)17(19)14-6-4-3-5-7-14/h3-9,12,17H,10-11,19H2,1-2H3,(H,20,21)/t17-/m1/s1. The topological polar surface area (TPSA) is 73.6 Å². The van der Waals surface area contributed by atoms with Gasteiger partial charge in [0.05, 0.1) is 14.2 Å². The molecule has 5 heteroatoms. The van der Waals surface area contributed by atoms with Crippen molar-refractivity contribution in [3.63, 3.8) is 0 Å². The third-order valence-electron chi connectivity index (χ3n) is 3.60. The molecule has 0 heterocycles. The van der Waals surface area contributed by atoms with Gasteiger partial charge in [-0.15, -0.1) is 0 Å². The van der Waals surface area contributed by atoms with Gasteiger partial charge in [-0.2, -0.15) is 0 Å². The molecule has 3 N–H and O–H groups in total. The van der Waals surface area contributed by atoms with Crippen LogP contribution in [0.5, 0.6) is 11.5 Å². The highest BCUT2D eigenvalue weighted by atomic mass is 16.5. The van der Waals surface area contributed by atoms with Crippen LogP contribution in [-0.4, -0.2) is 26.7 Å². The van der Waals surface area contributed by atoms with Crippen LogP contribution in [0, 0.1) is 0 Å². The van der Waals surface area contributed by atoms with Gasteiger partial charge >= 0.3 is 0 Å². The van der Waals surface area contributed by atoms with E-state index in [0.29, 0.717) is 24.5 Å². The van der Waals surface area contributed by atoms with Crippen molar-refractivity contribution >= 4 is 5.91 Å². The molecular formula is C18H22N2O3. The highest BCUT2D eigenvalue weighted by Gasteiger charge is 2.14. The fourth-order valence-corrected chi connectivity index (χ4v) is 2.29. The van der Waals surface area contributed by atoms with Crippen LogP contribution in [0.15, 0.2) is 48.5 Å². The zero-order valence-corrected chi connectivity index (χ0v) is 13.4. The van der Waals surface area contributed by atoms with Crippen molar-refractivity contribution in [3.8, 4) is 11.5 Å². The third kappa shape index (κ3) is 4.47. The van der Waals surface area contributed by atoms with Crippen LogP contribution in [0.3, 0.4) is 0 Å². The number of amides is 1. The van der Waals surface area contributed by atoms with Crippen molar-refractivity contribution in [2.45, 2.75) is 12.5 Å². The monoisotopic (exact) mass is 314 g/mol. The first-order chi connectivity index (χ1) is 11.2. The first-order valence-corrected chi connectivity index (χ1v) is 7.45. The Morgan fingerprint density at radius 2 is 1.78 bits per heavy atom. The Morgan fingerprint density at radius 3 is 2.43 bits per heavy atom. The van der Waals surface area contributed by atoms with E-state index in [9.17, 15) is 4.79 Å². The normalized spacial score (nSPS) is 11.6. The summed E-state index contributed by atoms with van der Waals surface area (Å²) in [6.45, 7) is 0.509. The van der Waals surface area contributed by atoms with Crippen LogP contribution in [0.1, 0.15) is 17.2 Å². The van der Waals surface area contributed by atoms with Gasteiger partial charge in [0.2, 0.25) is 5.91 Å². The molecule has 2 aromatic carbocycles. The summed E-state index contributed by atoms with van der Waals surface area (Å²) < 4.78 is 10.5. The van der Waals surface area contributed by atoms with E-state index in [1.807, 2.05) is 48.5 Å². The maximum absolute atomic E-state index is 12.1. The lowest BCUT2D eigenvalue weighted by atomic mass is 10.1. The second-order valence-corrected chi connectivity index (χ2v) is 5.12. The Labute approximate surface area is 136 Å². The third-order valence-corrected chi connectivity index (χ3v) is 3.60. The fraction of sp³-hybridized carbons (Fsp3) is 0.278. The van der Waals surface area contributed by atoms with Gasteiger partial charge in [-0.05, 0) is 29.7 Å². The minimum Gasteiger partial charge on any atom is -0.493 e. The fourth-order valence-electron chi connectivity index (χ4n) is 2.29. The predicted molar refractivity (Wildman–Crippen MR) is 89.6 cm³/mol. The number of nitrogens with two attached hydrogens (primary N) is 1. The average Bonchev–Trinajstić information content (AvgIpc) is 2.61. The lowest BCUT2D eigenvalue weighted by molar-refractivity contribution is -0.122.